The number of carbonyl (C=O) groups excluding carboxylic acids is 1. The standard InChI is InChI=1S/C15H27N5O/c1-5-8-16-13-10-14(20-12(4)19-13)17-9-7-15(21)18-11(3)6-2/h10-11H,5-9H2,1-4H3,(H,18,21)(H2,16,17,19,20). The molecule has 3 N–H and O–H groups in total. The zero-order chi connectivity index (χ0) is 15.7. The van der Waals surface area contributed by atoms with E-state index in [4.69, 9.17) is 0 Å². The summed E-state index contributed by atoms with van der Waals surface area (Å²) in [4.78, 5) is 20.3. The number of nitrogens with zero attached hydrogens (tertiary/aromatic N) is 2. The quantitative estimate of drug-likeness (QED) is 0.651. The summed E-state index contributed by atoms with van der Waals surface area (Å²) < 4.78 is 0. The van der Waals surface area contributed by atoms with E-state index < -0.39 is 0 Å². The summed E-state index contributed by atoms with van der Waals surface area (Å²) in [5.41, 5.74) is 0. The summed E-state index contributed by atoms with van der Waals surface area (Å²) in [5.74, 6) is 2.34. The molecule has 0 spiro atoms. The number of aromatic nitrogens is 2. The lowest BCUT2D eigenvalue weighted by Crippen LogP contribution is -2.33. The van der Waals surface area contributed by atoms with Crippen molar-refractivity contribution in [2.45, 2.75) is 53.0 Å². The predicted octanol–water partition coefficient (Wildman–Crippen LogP) is 2.32. The van der Waals surface area contributed by atoms with Crippen LogP contribution in [0.15, 0.2) is 6.07 Å². The van der Waals surface area contributed by atoms with Gasteiger partial charge in [0.2, 0.25) is 5.91 Å². The molecule has 21 heavy (non-hydrogen) atoms. The molecule has 1 rings (SSSR count). The third kappa shape index (κ3) is 6.92. The number of anilines is 2. The van der Waals surface area contributed by atoms with Gasteiger partial charge in [0.1, 0.15) is 17.5 Å². The summed E-state index contributed by atoms with van der Waals surface area (Å²) in [6.07, 6.45) is 2.42. The predicted molar refractivity (Wildman–Crippen MR) is 86.6 cm³/mol. The topological polar surface area (TPSA) is 78.9 Å². The lowest BCUT2D eigenvalue weighted by atomic mass is 10.2. The van der Waals surface area contributed by atoms with Gasteiger partial charge >= 0.3 is 0 Å². The maximum absolute atomic E-state index is 11.7. The lowest BCUT2D eigenvalue weighted by molar-refractivity contribution is -0.121. The molecule has 1 aromatic heterocycles. The maximum Gasteiger partial charge on any atom is 0.221 e. The Morgan fingerprint density at radius 2 is 1.81 bits per heavy atom. The van der Waals surface area contributed by atoms with Gasteiger partial charge in [0.05, 0.1) is 0 Å². The molecule has 0 aromatic carbocycles. The fraction of sp³-hybridized carbons (Fsp3) is 0.667. The van der Waals surface area contributed by atoms with Crippen LogP contribution < -0.4 is 16.0 Å². The first-order valence-electron chi connectivity index (χ1n) is 7.68. The second kappa shape index (κ2) is 9.15. The maximum atomic E-state index is 11.7. The van der Waals surface area contributed by atoms with Crippen LogP contribution in [0, 0.1) is 6.92 Å². The van der Waals surface area contributed by atoms with Crippen LogP contribution in [0.2, 0.25) is 0 Å². The van der Waals surface area contributed by atoms with E-state index in [1.54, 1.807) is 0 Å². The number of amides is 1. The minimum absolute atomic E-state index is 0.0620. The Morgan fingerprint density at radius 3 is 2.38 bits per heavy atom. The molecule has 0 saturated heterocycles. The average Bonchev–Trinajstić information content (AvgIpc) is 2.44. The van der Waals surface area contributed by atoms with Crippen molar-refractivity contribution < 1.29 is 4.79 Å². The highest BCUT2D eigenvalue weighted by Gasteiger charge is 2.06. The van der Waals surface area contributed by atoms with Crippen LogP contribution in [0.25, 0.3) is 0 Å². The van der Waals surface area contributed by atoms with Crippen molar-refractivity contribution in [2.75, 3.05) is 23.7 Å². The Hall–Kier alpha value is -1.85. The minimum atomic E-state index is 0.0620. The molecule has 1 amide bonds. The van der Waals surface area contributed by atoms with Crippen LogP contribution in [0.1, 0.15) is 45.9 Å². The van der Waals surface area contributed by atoms with Gasteiger partial charge in [0, 0.05) is 31.6 Å². The van der Waals surface area contributed by atoms with E-state index in [0.717, 1.165) is 31.0 Å². The highest BCUT2D eigenvalue weighted by atomic mass is 16.1. The molecule has 0 aliphatic rings. The summed E-state index contributed by atoms with van der Waals surface area (Å²) in [6, 6.07) is 2.10. The van der Waals surface area contributed by atoms with Crippen molar-refractivity contribution in [2.24, 2.45) is 0 Å². The van der Waals surface area contributed by atoms with E-state index in [1.807, 2.05) is 19.9 Å². The fourth-order valence-electron chi connectivity index (χ4n) is 1.76. The summed E-state index contributed by atoms with van der Waals surface area (Å²) in [6.45, 7) is 9.47. The fourth-order valence-corrected chi connectivity index (χ4v) is 1.76. The van der Waals surface area contributed by atoms with Crippen LogP contribution >= 0.6 is 0 Å². The normalized spacial score (nSPS) is 11.8. The number of nitrogens with one attached hydrogen (secondary N) is 3. The van der Waals surface area contributed by atoms with Gasteiger partial charge in [-0.1, -0.05) is 13.8 Å². The Labute approximate surface area is 127 Å². The van der Waals surface area contributed by atoms with E-state index in [2.05, 4.69) is 39.8 Å². The molecule has 1 aromatic rings. The molecule has 6 heteroatoms. The third-order valence-electron chi connectivity index (χ3n) is 3.07. The van der Waals surface area contributed by atoms with Crippen molar-refractivity contribution in [1.82, 2.24) is 15.3 Å². The van der Waals surface area contributed by atoms with Gasteiger partial charge < -0.3 is 16.0 Å². The first kappa shape index (κ1) is 17.2. The number of aryl methyl sites for hydroxylation is 1. The molecule has 0 aliphatic heterocycles. The van der Waals surface area contributed by atoms with Crippen molar-refractivity contribution in [3.8, 4) is 0 Å². The van der Waals surface area contributed by atoms with E-state index >= 15 is 0 Å². The Balaban J connectivity index is 2.44. The van der Waals surface area contributed by atoms with Gasteiger partial charge in [-0.25, -0.2) is 9.97 Å². The van der Waals surface area contributed by atoms with E-state index in [1.165, 1.54) is 0 Å². The number of hydrogen-bond acceptors (Lipinski definition) is 5. The minimum Gasteiger partial charge on any atom is -0.370 e. The Morgan fingerprint density at radius 1 is 1.19 bits per heavy atom. The number of carbonyl (C=O) groups is 1. The molecule has 0 bridgehead atoms. The van der Waals surface area contributed by atoms with Gasteiger partial charge in [-0.2, -0.15) is 0 Å². The Kier molecular flexibility index (Phi) is 7.50. The van der Waals surface area contributed by atoms with Gasteiger partial charge in [0.15, 0.2) is 0 Å². The Bertz CT molecular complexity index is 450. The van der Waals surface area contributed by atoms with Crippen LogP contribution in [0.3, 0.4) is 0 Å². The number of hydrogen-bond donors (Lipinski definition) is 3. The molecule has 0 saturated carbocycles. The summed E-state index contributed by atoms with van der Waals surface area (Å²) >= 11 is 0. The van der Waals surface area contributed by atoms with Crippen molar-refractivity contribution in [1.29, 1.82) is 0 Å². The van der Waals surface area contributed by atoms with Crippen molar-refractivity contribution >= 4 is 17.5 Å². The zero-order valence-electron chi connectivity index (χ0n) is 13.5. The monoisotopic (exact) mass is 293 g/mol. The molecule has 118 valence electrons. The number of rotatable bonds is 9. The third-order valence-corrected chi connectivity index (χ3v) is 3.07. The second-order valence-electron chi connectivity index (χ2n) is 5.17. The first-order valence-corrected chi connectivity index (χ1v) is 7.68. The lowest BCUT2D eigenvalue weighted by Gasteiger charge is -2.12. The molecule has 0 aliphatic carbocycles. The molecule has 0 fully saturated rings. The molecule has 6 nitrogen and oxygen atoms in total. The van der Waals surface area contributed by atoms with Crippen LogP contribution in [0.5, 0.6) is 0 Å². The van der Waals surface area contributed by atoms with E-state index in [-0.39, 0.29) is 11.9 Å². The van der Waals surface area contributed by atoms with Crippen molar-refractivity contribution in [3.05, 3.63) is 11.9 Å². The molecule has 1 atom stereocenters. The molecular formula is C15H27N5O. The van der Waals surface area contributed by atoms with Crippen LogP contribution in [-0.2, 0) is 4.79 Å². The SMILES string of the molecule is CCCNc1cc(NCCC(=O)NC(C)CC)nc(C)n1. The summed E-state index contributed by atoms with van der Waals surface area (Å²) in [7, 11) is 0. The molecule has 1 heterocycles. The van der Waals surface area contributed by atoms with Crippen LogP contribution in [-0.4, -0.2) is 35.0 Å². The first-order chi connectivity index (χ1) is 10.0. The van der Waals surface area contributed by atoms with Gasteiger partial charge in [0.25, 0.3) is 0 Å². The van der Waals surface area contributed by atoms with Crippen LogP contribution in [0.4, 0.5) is 11.6 Å². The highest BCUT2D eigenvalue weighted by molar-refractivity contribution is 5.76. The smallest absolute Gasteiger partial charge is 0.221 e. The van der Waals surface area contributed by atoms with Gasteiger partial charge in [-0.15, -0.1) is 0 Å². The second-order valence-corrected chi connectivity index (χ2v) is 5.17. The molecule has 0 radical (unpaired) electrons. The average molecular weight is 293 g/mol. The van der Waals surface area contributed by atoms with Gasteiger partial charge in [-0.3, -0.25) is 4.79 Å². The van der Waals surface area contributed by atoms with E-state index in [0.29, 0.717) is 18.8 Å². The highest BCUT2D eigenvalue weighted by Crippen LogP contribution is 2.11. The zero-order valence-corrected chi connectivity index (χ0v) is 13.5. The summed E-state index contributed by atoms with van der Waals surface area (Å²) in [5, 5.41) is 9.35. The van der Waals surface area contributed by atoms with E-state index in [9.17, 15) is 4.79 Å². The molecular weight excluding hydrogens is 266 g/mol. The van der Waals surface area contributed by atoms with Crippen molar-refractivity contribution in [3.63, 3.8) is 0 Å². The largest absolute Gasteiger partial charge is 0.370 e. The molecule has 1 unspecified atom stereocenters. The van der Waals surface area contributed by atoms with Gasteiger partial charge in [-0.05, 0) is 26.7 Å².